The molecule has 1 aliphatic rings. The molecule has 0 bridgehead atoms. The first kappa shape index (κ1) is 13.0. The molecule has 7 heteroatoms. The second-order valence-corrected chi connectivity index (χ2v) is 5.25. The van der Waals surface area contributed by atoms with Gasteiger partial charge >= 0.3 is 0 Å². The Kier molecular flexibility index (Phi) is 3.93. The van der Waals surface area contributed by atoms with Gasteiger partial charge in [-0.25, -0.2) is 4.98 Å². The number of aromatic nitrogens is 1. The summed E-state index contributed by atoms with van der Waals surface area (Å²) in [6, 6.07) is 0. The molecule has 1 aromatic rings. The summed E-state index contributed by atoms with van der Waals surface area (Å²) in [6.45, 7) is 1.49. The van der Waals surface area contributed by atoms with E-state index in [1.165, 1.54) is 11.3 Å². The molecule has 1 atom stereocenters. The molecule has 2 amide bonds. The third-order valence-corrected chi connectivity index (χ3v) is 3.92. The van der Waals surface area contributed by atoms with Gasteiger partial charge in [0.2, 0.25) is 5.91 Å². The molecule has 0 spiro atoms. The standard InChI is InChI=1S/C11H16N4O2S/c12-3-1-9-14-8(6-18-9)11(17)15-4-2-7(5-15)10(13)16/h6-7H,1-5,12H2,(H2,13,16). The number of hydrogen-bond acceptors (Lipinski definition) is 5. The van der Waals surface area contributed by atoms with Crippen LogP contribution in [0.15, 0.2) is 5.38 Å². The van der Waals surface area contributed by atoms with Gasteiger partial charge in [-0.2, -0.15) is 0 Å². The van der Waals surface area contributed by atoms with Crippen molar-refractivity contribution >= 4 is 23.2 Å². The fourth-order valence-corrected chi connectivity index (χ4v) is 2.77. The van der Waals surface area contributed by atoms with E-state index in [1.54, 1.807) is 10.3 Å². The van der Waals surface area contributed by atoms with Crippen LogP contribution in [0.5, 0.6) is 0 Å². The Morgan fingerprint density at radius 3 is 2.94 bits per heavy atom. The van der Waals surface area contributed by atoms with Gasteiger partial charge < -0.3 is 16.4 Å². The van der Waals surface area contributed by atoms with Crippen molar-refractivity contribution in [1.82, 2.24) is 9.88 Å². The van der Waals surface area contributed by atoms with E-state index in [0.717, 1.165) is 5.01 Å². The zero-order valence-electron chi connectivity index (χ0n) is 9.96. The van der Waals surface area contributed by atoms with Gasteiger partial charge in [0.05, 0.1) is 10.9 Å². The summed E-state index contributed by atoms with van der Waals surface area (Å²) < 4.78 is 0. The molecule has 18 heavy (non-hydrogen) atoms. The maximum atomic E-state index is 12.1. The molecule has 1 fully saturated rings. The third kappa shape index (κ3) is 2.68. The second-order valence-electron chi connectivity index (χ2n) is 4.30. The lowest BCUT2D eigenvalue weighted by molar-refractivity contribution is -0.121. The number of nitrogens with zero attached hydrogens (tertiary/aromatic N) is 2. The first-order chi connectivity index (χ1) is 8.61. The third-order valence-electron chi connectivity index (χ3n) is 3.01. The molecular formula is C11H16N4O2S. The van der Waals surface area contributed by atoms with Gasteiger partial charge in [0.25, 0.3) is 5.91 Å². The van der Waals surface area contributed by atoms with Crippen LogP contribution in [0.25, 0.3) is 0 Å². The zero-order chi connectivity index (χ0) is 13.1. The van der Waals surface area contributed by atoms with Gasteiger partial charge in [-0.3, -0.25) is 9.59 Å². The minimum Gasteiger partial charge on any atom is -0.369 e. The summed E-state index contributed by atoms with van der Waals surface area (Å²) in [5, 5.41) is 2.61. The molecule has 0 aliphatic carbocycles. The van der Waals surface area contributed by atoms with E-state index in [-0.39, 0.29) is 17.7 Å². The SMILES string of the molecule is NCCc1nc(C(=O)N2CCC(C(N)=O)C2)cs1. The van der Waals surface area contributed by atoms with Crippen LogP contribution in [-0.2, 0) is 11.2 Å². The van der Waals surface area contributed by atoms with E-state index in [2.05, 4.69) is 4.98 Å². The van der Waals surface area contributed by atoms with Crippen LogP contribution >= 0.6 is 11.3 Å². The van der Waals surface area contributed by atoms with Gasteiger partial charge in [-0.15, -0.1) is 11.3 Å². The lowest BCUT2D eigenvalue weighted by Gasteiger charge is -2.14. The van der Waals surface area contributed by atoms with Crippen LogP contribution < -0.4 is 11.5 Å². The number of carbonyl (C=O) groups excluding carboxylic acids is 2. The largest absolute Gasteiger partial charge is 0.369 e. The molecule has 2 rings (SSSR count). The summed E-state index contributed by atoms with van der Waals surface area (Å²) in [6.07, 6.45) is 1.32. The number of hydrogen-bond donors (Lipinski definition) is 2. The van der Waals surface area contributed by atoms with Crippen molar-refractivity contribution in [3.63, 3.8) is 0 Å². The molecule has 1 aromatic heterocycles. The molecule has 1 aliphatic heterocycles. The number of amides is 2. The van der Waals surface area contributed by atoms with E-state index in [4.69, 9.17) is 11.5 Å². The Labute approximate surface area is 109 Å². The average Bonchev–Trinajstić information content (AvgIpc) is 2.97. The molecule has 98 valence electrons. The fourth-order valence-electron chi connectivity index (χ4n) is 1.99. The highest BCUT2D eigenvalue weighted by molar-refractivity contribution is 7.09. The monoisotopic (exact) mass is 268 g/mol. The number of thiazole rings is 1. The Balaban J connectivity index is 2.01. The predicted molar refractivity (Wildman–Crippen MR) is 68.1 cm³/mol. The molecular weight excluding hydrogens is 252 g/mol. The maximum Gasteiger partial charge on any atom is 0.273 e. The van der Waals surface area contributed by atoms with Gasteiger partial charge in [0, 0.05) is 24.9 Å². The molecule has 0 saturated carbocycles. The Bertz CT molecular complexity index is 460. The van der Waals surface area contributed by atoms with E-state index in [0.29, 0.717) is 38.2 Å². The first-order valence-electron chi connectivity index (χ1n) is 5.85. The van der Waals surface area contributed by atoms with Crippen LogP contribution in [0.1, 0.15) is 21.9 Å². The molecule has 2 heterocycles. The van der Waals surface area contributed by atoms with Crippen molar-refractivity contribution in [2.45, 2.75) is 12.8 Å². The molecule has 6 nitrogen and oxygen atoms in total. The second kappa shape index (κ2) is 5.45. The van der Waals surface area contributed by atoms with E-state index >= 15 is 0 Å². The average molecular weight is 268 g/mol. The van der Waals surface area contributed by atoms with Crippen LogP contribution in [0.3, 0.4) is 0 Å². The van der Waals surface area contributed by atoms with Gasteiger partial charge in [0.15, 0.2) is 0 Å². The summed E-state index contributed by atoms with van der Waals surface area (Å²) in [5.74, 6) is -0.693. The smallest absolute Gasteiger partial charge is 0.273 e. The molecule has 0 radical (unpaired) electrons. The van der Waals surface area contributed by atoms with E-state index in [1.807, 2.05) is 0 Å². The van der Waals surface area contributed by atoms with Crippen LogP contribution in [0.2, 0.25) is 0 Å². The number of rotatable bonds is 4. The first-order valence-corrected chi connectivity index (χ1v) is 6.73. The lowest BCUT2D eigenvalue weighted by Crippen LogP contribution is -2.31. The van der Waals surface area contributed by atoms with E-state index < -0.39 is 0 Å². The van der Waals surface area contributed by atoms with E-state index in [9.17, 15) is 9.59 Å². The minimum absolute atomic E-state index is 0.127. The topological polar surface area (TPSA) is 102 Å². The van der Waals surface area contributed by atoms with Crippen molar-refractivity contribution in [2.75, 3.05) is 19.6 Å². The number of nitrogens with two attached hydrogens (primary N) is 2. The summed E-state index contributed by atoms with van der Waals surface area (Å²) in [5.41, 5.74) is 11.1. The van der Waals surface area contributed by atoms with Crippen molar-refractivity contribution in [3.8, 4) is 0 Å². The Morgan fingerprint density at radius 1 is 1.56 bits per heavy atom. The van der Waals surface area contributed by atoms with Crippen molar-refractivity contribution in [2.24, 2.45) is 17.4 Å². The highest BCUT2D eigenvalue weighted by atomic mass is 32.1. The molecule has 1 saturated heterocycles. The summed E-state index contributed by atoms with van der Waals surface area (Å²) in [7, 11) is 0. The van der Waals surface area contributed by atoms with Crippen LogP contribution in [0.4, 0.5) is 0 Å². The normalized spacial score (nSPS) is 19.2. The van der Waals surface area contributed by atoms with Crippen molar-refractivity contribution in [1.29, 1.82) is 0 Å². The predicted octanol–water partition coefficient (Wildman–Crippen LogP) is -0.408. The Morgan fingerprint density at radius 2 is 2.33 bits per heavy atom. The zero-order valence-corrected chi connectivity index (χ0v) is 10.8. The fraction of sp³-hybridized carbons (Fsp3) is 0.545. The number of carbonyl (C=O) groups is 2. The van der Waals surface area contributed by atoms with Gasteiger partial charge in [0.1, 0.15) is 5.69 Å². The number of likely N-dealkylation sites (tertiary alicyclic amines) is 1. The maximum absolute atomic E-state index is 12.1. The van der Waals surface area contributed by atoms with Crippen molar-refractivity contribution in [3.05, 3.63) is 16.1 Å². The van der Waals surface area contributed by atoms with Crippen molar-refractivity contribution < 1.29 is 9.59 Å². The molecule has 4 N–H and O–H groups in total. The highest BCUT2D eigenvalue weighted by Gasteiger charge is 2.30. The number of primary amides is 1. The Hall–Kier alpha value is -1.47. The van der Waals surface area contributed by atoms with Gasteiger partial charge in [-0.1, -0.05) is 0 Å². The summed E-state index contributed by atoms with van der Waals surface area (Å²) in [4.78, 5) is 29.1. The summed E-state index contributed by atoms with van der Waals surface area (Å²) >= 11 is 1.44. The molecule has 0 aromatic carbocycles. The highest BCUT2D eigenvalue weighted by Crippen LogP contribution is 2.19. The molecule has 1 unspecified atom stereocenters. The lowest BCUT2D eigenvalue weighted by atomic mass is 10.1. The minimum atomic E-state index is -0.340. The van der Waals surface area contributed by atoms with Crippen LogP contribution in [0, 0.1) is 5.92 Å². The van der Waals surface area contributed by atoms with Gasteiger partial charge in [-0.05, 0) is 13.0 Å². The quantitative estimate of drug-likeness (QED) is 0.775. The van der Waals surface area contributed by atoms with Crippen LogP contribution in [-0.4, -0.2) is 41.3 Å².